The summed E-state index contributed by atoms with van der Waals surface area (Å²) in [5.74, 6) is -1.12. The molecule has 0 aromatic heterocycles. The molecular formula is C16H24O5. The molecule has 4 atom stereocenters. The predicted molar refractivity (Wildman–Crippen MR) is 74.4 cm³/mol. The molecule has 118 valence electrons. The van der Waals surface area contributed by atoms with Crippen molar-refractivity contribution in [3.8, 4) is 0 Å². The van der Waals surface area contributed by atoms with E-state index in [0.29, 0.717) is 6.61 Å². The summed E-state index contributed by atoms with van der Waals surface area (Å²) in [5, 5.41) is 0. The van der Waals surface area contributed by atoms with Gasteiger partial charge in [0.2, 0.25) is 0 Å². The molecule has 3 saturated heterocycles. The van der Waals surface area contributed by atoms with Gasteiger partial charge in [-0.3, -0.25) is 0 Å². The molecule has 1 spiro atoms. The Morgan fingerprint density at radius 1 is 0.857 bits per heavy atom. The van der Waals surface area contributed by atoms with Crippen molar-refractivity contribution in [1.29, 1.82) is 0 Å². The molecule has 0 saturated carbocycles. The maximum Gasteiger partial charge on any atom is 0.188 e. The molecule has 0 bridgehead atoms. The van der Waals surface area contributed by atoms with Gasteiger partial charge in [-0.15, -0.1) is 0 Å². The summed E-state index contributed by atoms with van der Waals surface area (Å²) in [4.78, 5) is 0. The van der Waals surface area contributed by atoms with Crippen LogP contribution in [0.3, 0.4) is 0 Å². The fourth-order valence-electron chi connectivity index (χ4n) is 4.14. The van der Waals surface area contributed by atoms with Gasteiger partial charge in [0.1, 0.15) is 12.2 Å². The molecule has 1 unspecified atom stereocenters. The largest absolute Gasteiger partial charge is 0.348 e. The molecule has 3 fully saturated rings. The van der Waals surface area contributed by atoms with Crippen LogP contribution in [0.4, 0.5) is 0 Å². The summed E-state index contributed by atoms with van der Waals surface area (Å²) < 4.78 is 30.1. The van der Waals surface area contributed by atoms with Gasteiger partial charge < -0.3 is 23.7 Å². The summed E-state index contributed by atoms with van der Waals surface area (Å²) in [7, 11) is 0. The minimum atomic E-state index is -0.581. The summed E-state index contributed by atoms with van der Waals surface area (Å²) in [6.07, 6.45) is 5.85. The number of ether oxygens (including phenoxy) is 5. The van der Waals surface area contributed by atoms with E-state index in [1.807, 2.05) is 27.7 Å². The third kappa shape index (κ3) is 2.10. The molecule has 4 aliphatic rings. The minimum absolute atomic E-state index is 0.0418. The van der Waals surface area contributed by atoms with Crippen LogP contribution >= 0.6 is 0 Å². The number of rotatable bonds is 1. The first-order valence-electron chi connectivity index (χ1n) is 7.79. The van der Waals surface area contributed by atoms with Crippen molar-refractivity contribution in [2.24, 2.45) is 5.41 Å². The van der Waals surface area contributed by atoms with E-state index in [1.165, 1.54) is 0 Å². The number of hydrogen-bond donors (Lipinski definition) is 0. The van der Waals surface area contributed by atoms with Crippen molar-refractivity contribution < 1.29 is 23.7 Å². The van der Waals surface area contributed by atoms with Crippen molar-refractivity contribution in [2.45, 2.75) is 76.7 Å². The zero-order valence-corrected chi connectivity index (χ0v) is 13.1. The second-order valence-electron chi connectivity index (χ2n) is 7.46. The minimum Gasteiger partial charge on any atom is -0.348 e. The van der Waals surface area contributed by atoms with Gasteiger partial charge in [-0.05, 0) is 40.5 Å². The molecular weight excluding hydrogens is 272 g/mol. The Morgan fingerprint density at radius 3 is 2.19 bits per heavy atom. The summed E-state index contributed by atoms with van der Waals surface area (Å²) >= 11 is 0. The molecule has 5 nitrogen and oxygen atoms in total. The van der Waals surface area contributed by atoms with Gasteiger partial charge >= 0.3 is 0 Å². The molecule has 21 heavy (non-hydrogen) atoms. The first-order chi connectivity index (χ1) is 9.81. The summed E-state index contributed by atoms with van der Waals surface area (Å²) in [6, 6.07) is 0. The van der Waals surface area contributed by atoms with Crippen LogP contribution in [0.15, 0.2) is 12.2 Å². The second-order valence-corrected chi connectivity index (χ2v) is 7.46. The molecule has 3 aliphatic heterocycles. The van der Waals surface area contributed by atoms with Gasteiger partial charge in [0, 0.05) is 5.41 Å². The highest BCUT2D eigenvalue weighted by atomic mass is 16.8. The monoisotopic (exact) mass is 296 g/mol. The standard InChI is InChI=1S/C16H24O5/c1-14(2)17-9-10(19-14)11-16(7-5-6-8-16)12-13(18-11)21-15(3,4)20-12/h5-6,10-13H,7-9H2,1-4H3/t10?,11-,12-,13-/m1/s1. The van der Waals surface area contributed by atoms with Gasteiger partial charge in [-0.25, -0.2) is 0 Å². The smallest absolute Gasteiger partial charge is 0.188 e. The van der Waals surface area contributed by atoms with Crippen LogP contribution < -0.4 is 0 Å². The Hall–Kier alpha value is -0.460. The lowest BCUT2D eigenvalue weighted by atomic mass is 9.74. The van der Waals surface area contributed by atoms with Gasteiger partial charge in [-0.2, -0.15) is 0 Å². The molecule has 5 heteroatoms. The van der Waals surface area contributed by atoms with Crippen LogP contribution in [0.1, 0.15) is 40.5 Å². The lowest BCUT2D eigenvalue weighted by Crippen LogP contribution is -2.47. The number of hydrogen-bond acceptors (Lipinski definition) is 5. The highest BCUT2D eigenvalue weighted by Gasteiger charge is 2.65. The van der Waals surface area contributed by atoms with E-state index in [1.54, 1.807) is 0 Å². The van der Waals surface area contributed by atoms with E-state index < -0.39 is 11.6 Å². The Labute approximate surface area is 125 Å². The van der Waals surface area contributed by atoms with Gasteiger partial charge in [0.25, 0.3) is 0 Å². The molecule has 0 N–H and O–H groups in total. The van der Waals surface area contributed by atoms with Crippen LogP contribution in [0, 0.1) is 5.41 Å². The molecule has 1 aliphatic carbocycles. The Kier molecular flexibility index (Phi) is 2.90. The normalized spacial score (nSPS) is 45.5. The molecule has 0 aromatic carbocycles. The topological polar surface area (TPSA) is 46.2 Å². The fourth-order valence-corrected chi connectivity index (χ4v) is 4.14. The SMILES string of the molecule is CC1(C)OCC([C@H]2O[C@@H]3OC(C)(C)O[C@H]3C23CC=CC3)O1. The van der Waals surface area contributed by atoms with Crippen LogP contribution in [0.2, 0.25) is 0 Å². The van der Waals surface area contributed by atoms with E-state index in [-0.39, 0.29) is 30.0 Å². The Morgan fingerprint density at radius 2 is 1.57 bits per heavy atom. The van der Waals surface area contributed by atoms with Crippen LogP contribution in [-0.2, 0) is 23.7 Å². The third-order valence-electron chi connectivity index (χ3n) is 5.00. The lowest BCUT2D eigenvalue weighted by molar-refractivity contribution is -0.236. The lowest BCUT2D eigenvalue weighted by Gasteiger charge is -2.37. The predicted octanol–water partition coefficient (Wildman–Crippen LogP) is 2.35. The first-order valence-corrected chi connectivity index (χ1v) is 7.79. The highest BCUT2D eigenvalue weighted by molar-refractivity contribution is 5.16. The molecule has 3 heterocycles. The van der Waals surface area contributed by atoms with Crippen LogP contribution in [-0.4, -0.2) is 42.8 Å². The molecule has 4 rings (SSSR count). The van der Waals surface area contributed by atoms with E-state index >= 15 is 0 Å². The van der Waals surface area contributed by atoms with Crippen molar-refractivity contribution in [1.82, 2.24) is 0 Å². The van der Waals surface area contributed by atoms with E-state index in [9.17, 15) is 0 Å². The molecule has 0 amide bonds. The zero-order chi connectivity index (χ0) is 14.9. The van der Waals surface area contributed by atoms with E-state index in [2.05, 4.69) is 12.2 Å². The van der Waals surface area contributed by atoms with Gasteiger partial charge in [-0.1, -0.05) is 12.2 Å². The molecule has 0 radical (unpaired) electrons. The van der Waals surface area contributed by atoms with Crippen molar-refractivity contribution in [3.63, 3.8) is 0 Å². The fraction of sp³-hybridized carbons (Fsp3) is 0.875. The van der Waals surface area contributed by atoms with Crippen molar-refractivity contribution >= 4 is 0 Å². The van der Waals surface area contributed by atoms with E-state index in [0.717, 1.165) is 12.8 Å². The Bertz CT molecular complexity index is 461. The maximum absolute atomic E-state index is 6.24. The third-order valence-corrected chi connectivity index (χ3v) is 5.00. The zero-order valence-electron chi connectivity index (χ0n) is 13.1. The van der Waals surface area contributed by atoms with Crippen molar-refractivity contribution in [2.75, 3.05) is 6.61 Å². The van der Waals surface area contributed by atoms with Crippen LogP contribution in [0.25, 0.3) is 0 Å². The summed E-state index contributed by atoms with van der Waals surface area (Å²) in [5.41, 5.74) is -0.0904. The summed E-state index contributed by atoms with van der Waals surface area (Å²) in [6.45, 7) is 8.33. The average molecular weight is 296 g/mol. The highest BCUT2D eigenvalue weighted by Crippen LogP contribution is 2.56. The van der Waals surface area contributed by atoms with Gasteiger partial charge in [0.05, 0.1) is 12.7 Å². The second kappa shape index (κ2) is 4.30. The average Bonchev–Trinajstić information content (AvgIpc) is 3.08. The Balaban J connectivity index is 1.61. The molecule has 0 aromatic rings. The quantitative estimate of drug-likeness (QED) is 0.695. The number of allylic oxidation sites excluding steroid dienone is 2. The van der Waals surface area contributed by atoms with Crippen LogP contribution in [0.5, 0.6) is 0 Å². The maximum atomic E-state index is 6.24. The van der Waals surface area contributed by atoms with Crippen molar-refractivity contribution in [3.05, 3.63) is 12.2 Å². The van der Waals surface area contributed by atoms with E-state index in [4.69, 9.17) is 23.7 Å². The van der Waals surface area contributed by atoms with Gasteiger partial charge in [0.15, 0.2) is 17.9 Å². The first kappa shape index (κ1) is 14.2. The number of fused-ring (bicyclic) bond motifs is 2.